The van der Waals surface area contributed by atoms with Gasteiger partial charge in [0.2, 0.25) is 0 Å². The number of benzene rings is 1. The minimum atomic E-state index is -0.994. The van der Waals surface area contributed by atoms with Crippen LogP contribution in [-0.4, -0.2) is 47.6 Å². The SMILES string of the molecule is CCn1c(-c2nc3cc(C(=O)N4CC5CC6CC4[C@H]65)cc4c3n2CCC4(C)O)cc2cccnc21. The highest BCUT2D eigenvalue weighted by atomic mass is 16.3. The summed E-state index contributed by atoms with van der Waals surface area (Å²) in [5.74, 6) is 3.26. The van der Waals surface area contributed by atoms with Gasteiger partial charge in [-0.1, -0.05) is 0 Å². The summed E-state index contributed by atoms with van der Waals surface area (Å²) >= 11 is 0. The number of likely N-dealkylation sites (tertiary alicyclic amines) is 1. The second-order valence-corrected chi connectivity index (χ2v) is 11.3. The van der Waals surface area contributed by atoms with Gasteiger partial charge in [-0.15, -0.1) is 0 Å². The van der Waals surface area contributed by atoms with Gasteiger partial charge >= 0.3 is 0 Å². The molecule has 1 saturated heterocycles. The Kier molecular flexibility index (Phi) is 3.73. The zero-order chi connectivity index (χ0) is 23.6. The van der Waals surface area contributed by atoms with Crippen LogP contribution in [0.3, 0.4) is 0 Å². The van der Waals surface area contributed by atoms with E-state index in [1.165, 1.54) is 6.42 Å². The quantitative estimate of drug-likeness (QED) is 0.491. The average molecular weight is 468 g/mol. The number of amides is 1. The van der Waals surface area contributed by atoms with Crippen molar-refractivity contribution in [2.75, 3.05) is 6.54 Å². The van der Waals surface area contributed by atoms with E-state index in [9.17, 15) is 9.90 Å². The molecule has 2 aliphatic carbocycles. The van der Waals surface area contributed by atoms with Crippen LogP contribution in [0.25, 0.3) is 33.6 Å². The van der Waals surface area contributed by atoms with Gasteiger partial charge in [-0.3, -0.25) is 4.79 Å². The molecule has 4 aromatic rings. The van der Waals surface area contributed by atoms with Gasteiger partial charge in [0, 0.05) is 48.4 Å². The summed E-state index contributed by atoms with van der Waals surface area (Å²) in [6.45, 7) is 6.34. The Bertz CT molecular complexity index is 1560. The topological polar surface area (TPSA) is 76.2 Å². The lowest BCUT2D eigenvalue weighted by atomic mass is 9.53. The molecule has 5 atom stereocenters. The number of hydrogen-bond acceptors (Lipinski definition) is 4. The maximum Gasteiger partial charge on any atom is 0.254 e. The van der Waals surface area contributed by atoms with Gasteiger partial charge in [-0.05, 0) is 81.2 Å². The summed E-state index contributed by atoms with van der Waals surface area (Å²) in [4.78, 5) is 25.5. The molecule has 4 unspecified atom stereocenters. The number of fused-ring (bicyclic) bond motifs is 1. The molecule has 1 amide bonds. The Morgan fingerprint density at radius 3 is 2.91 bits per heavy atom. The van der Waals surface area contributed by atoms with Crippen LogP contribution in [0, 0.1) is 17.8 Å². The fourth-order valence-electron chi connectivity index (χ4n) is 7.64. The molecule has 3 aromatic heterocycles. The highest BCUT2D eigenvalue weighted by Gasteiger charge is 2.61. The number of aromatic nitrogens is 4. The van der Waals surface area contributed by atoms with Crippen molar-refractivity contribution in [1.82, 2.24) is 24.0 Å². The number of pyridine rings is 1. The molecular formula is C28H29N5O2. The first-order valence-corrected chi connectivity index (χ1v) is 13.0. The first-order valence-electron chi connectivity index (χ1n) is 13.0. The monoisotopic (exact) mass is 467 g/mol. The molecule has 8 rings (SSSR count). The third kappa shape index (κ3) is 2.47. The summed E-state index contributed by atoms with van der Waals surface area (Å²) in [5.41, 5.74) is 4.18. The van der Waals surface area contributed by atoms with Gasteiger partial charge in [-0.25, -0.2) is 9.97 Å². The van der Waals surface area contributed by atoms with Gasteiger partial charge < -0.3 is 19.1 Å². The largest absolute Gasteiger partial charge is 0.385 e. The van der Waals surface area contributed by atoms with Gasteiger partial charge in [0.1, 0.15) is 5.65 Å². The Balaban J connectivity index is 1.31. The molecule has 4 aliphatic rings. The Morgan fingerprint density at radius 1 is 1.23 bits per heavy atom. The minimum Gasteiger partial charge on any atom is -0.385 e. The molecule has 2 saturated carbocycles. The highest BCUT2D eigenvalue weighted by Crippen LogP contribution is 2.60. The van der Waals surface area contributed by atoms with Crippen molar-refractivity contribution in [2.45, 2.75) is 57.8 Å². The van der Waals surface area contributed by atoms with Crippen molar-refractivity contribution >= 4 is 28.0 Å². The second-order valence-electron chi connectivity index (χ2n) is 11.3. The van der Waals surface area contributed by atoms with Crippen LogP contribution in [-0.2, 0) is 18.7 Å². The van der Waals surface area contributed by atoms with E-state index in [1.807, 2.05) is 31.3 Å². The van der Waals surface area contributed by atoms with Gasteiger partial charge in [-0.2, -0.15) is 0 Å². The van der Waals surface area contributed by atoms with Gasteiger partial charge in [0.05, 0.1) is 22.3 Å². The molecule has 7 nitrogen and oxygen atoms in total. The van der Waals surface area contributed by atoms with E-state index < -0.39 is 5.60 Å². The summed E-state index contributed by atoms with van der Waals surface area (Å²) < 4.78 is 4.43. The zero-order valence-corrected chi connectivity index (χ0v) is 20.1. The predicted molar refractivity (Wildman–Crippen MR) is 133 cm³/mol. The molecule has 5 heterocycles. The first kappa shape index (κ1) is 20.0. The van der Waals surface area contributed by atoms with Crippen molar-refractivity contribution in [3.05, 3.63) is 47.7 Å². The normalized spacial score (nSPS) is 30.4. The van der Waals surface area contributed by atoms with Crippen molar-refractivity contribution in [3.8, 4) is 11.5 Å². The van der Waals surface area contributed by atoms with Crippen molar-refractivity contribution in [2.24, 2.45) is 17.8 Å². The van der Waals surface area contributed by atoms with Crippen LogP contribution >= 0.6 is 0 Å². The van der Waals surface area contributed by atoms with E-state index in [0.717, 1.165) is 70.5 Å². The third-order valence-electron chi connectivity index (χ3n) is 9.47. The summed E-state index contributed by atoms with van der Waals surface area (Å²) in [5, 5.41) is 12.5. The van der Waals surface area contributed by atoms with E-state index in [0.29, 0.717) is 30.5 Å². The first-order chi connectivity index (χ1) is 16.9. The van der Waals surface area contributed by atoms with E-state index in [2.05, 4.69) is 38.1 Å². The third-order valence-corrected chi connectivity index (χ3v) is 9.47. The van der Waals surface area contributed by atoms with Gasteiger partial charge in [0.15, 0.2) is 5.82 Å². The maximum atomic E-state index is 13.7. The van der Waals surface area contributed by atoms with Crippen molar-refractivity contribution in [3.63, 3.8) is 0 Å². The predicted octanol–water partition coefficient (Wildman–Crippen LogP) is 4.16. The zero-order valence-electron chi connectivity index (χ0n) is 20.1. The summed E-state index contributed by atoms with van der Waals surface area (Å²) in [6, 6.07) is 10.5. The number of hydrogen-bond donors (Lipinski definition) is 1. The van der Waals surface area contributed by atoms with Crippen LogP contribution in [0.5, 0.6) is 0 Å². The second kappa shape index (κ2) is 6.52. The number of rotatable bonds is 3. The number of carbonyl (C=O) groups is 1. The van der Waals surface area contributed by atoms with Gasteiger partial charge in [0.25, 0.3) is 5.91 Å². The Morgan fingerprint density at radius 2 is 2.11 bits per heavy atom. The van der Waals surface area contributed by atoms with Crippen LogP contribution in [0.2, 0.25) is 0 Å². The fraction of sp³-hybridized carbons (Fsp3) is 0.464. The van der Waals surface area contributed by atoms with E-state index in [4.69, 9.17) is 4.98 Å². The molecular weight excluding hydrogens is 438 g/mol. The standard InChI is InChI=1S/C28H29N5O2/c1-3-31-22(12-15-5-4-7-29-25(15)31)26-30-20-11-17(10-19-24(20)32(26)8-6-28(19,2)35)27(34)33-14-18-9-16-13-21(33)23(16)18/h4-5,7,10-12,16,18,21,23,35H,3,6,8-9,13-14H2,1-2H3/t16?,18?,21?,23-,28?/m1/s1. The van der Waals surface area contributed by atoms with E-state index >= 15 is 0 Å². The number of imidazole rings is 1. The molecule has 0 spiro atoms. The molecule has 178 valence electrons. The molecule has 2 aliphatic heterocycles. The Labute approximate surface area is 203 Å². The molecule has 1 aromatic carbocycles. The van der Waals surface area contributed by atoms with E-state index in [-0.39, 0.29) is 5.91 Å². The van der Waals surface area contributed by atoms with Crippen LogP contribution < -0.4 is 0 Å². The smallest absolute Gasteiger partial charge is 0.254 e. The number of aryl methyl sites for hydroxylation is 2. The Hall–Kier alpha value is -3.19. The molecule has 0 radical (unpaired) electrons. The van der Waals surface area contributed by atoms with Crippen LogP contribution in [0.4, 0.5) is 0 Å². The molecule has 7 heteroatoms. The van der Waals surface area contributed by atoms with Crippen molar-refractivity contribution in [1.29, 1.82) is 0 Å². The summed E-state index contributed by atoms with van der Waals surface area (Å²) in [6.07, 6.45) is 4.86. The lowest BCUT2D eigenvalue weighted by Gasteiger charge is -2.52. The average Bonchev–Trinajstić information content (AvgIpc) is 3.39. The molecule has 1 N–H and O–H groups in total. The number of nitrogens with zero attached hydrogens (tertiary/aromatic N) is 5. The molecule has 35 heavy (non-hydrogen) atoms. The number of aliphatic hydroxyl groups is 1. The van der Waals surface area contributed by atoms with Crippen LogP contribution in [0.1, 0.15) is 49.0 Å². The highest BCUT2D eigenvalue weighted by molar-refractivity contribution is 6.00. The lowest BCUT2D eigenvalue weighted by Crippen LogP contribution is -2.53. The minimum absolute atomic E-state index is 0.102. The van der Waals surface area contributed by atoms with E-state index in [1.54, 1.807) is 0 Å². The summed E-state index contributed by atoms with van der Waals surface area (Å²) in [7, 11) is 0. The van der Waals surface area contributed by atoms with Crippen molar-refractivity contribution < 1.29 is 9.90 Å². The maximum absolute atomic E-state index is 13.7. The molecule has 3 fully saturated rings. The van der Waals surface area contributed by atoms with Crippen LogP contribution in [0.15, 0.2) is 36.5 Å². The number of carbonyl (C=O) groups excluding carboxylic acids is 1. The fourth-order valence-corrected chi connectivity index (χ4v) is 7.64. The molecule has 0 bridgehead atoms. The lowest BCUT2D eigenvalue weighted by molar-refractivity contribution is -0.0204.